The van der Waals surface area contributed by atoms with E-state index in [0.717, 1.165) is 11.3 Å². The predicted molar refractivity (Wildman–Crippen MR) is 107 cm³/mol. The molecular formula is C18H18ClF3N2O4S2. The molecule has 30 heavy (non-hydrogen) atoms. The number of anilines is 1. The third kappa shape index (κ3) is 5.65. The molecule has 1 aromatic heterocycles. The molecule has 1 N–H and O–H groups in total. The van der Waals surface area contributed by atoms with E-state index in [4.69, 9.17) is 16.3 Å². The number of carbonyl (C=O) groups excluding carboxylic acids is 1. The van der Waals surface area contributed by atoms with Crippen molar-refractivity contribution in [3.8, 4) is 5.75 Å². The fraction of sp³-hybridized carbons (Fsp3) is 0.389. The second-order valence-corrected chi connectivity index (χ2v) is 10.2. The van der Waals surface area contributed by atoms with Gasteiger partial charge in [-0.2, -0.15) is 17.5 Å². The number of thiophene rings is 1. The molecule has 1 amide bonds. The number of ether oxygens (including phenoxy) is 1. The molecule has 3 rings (SSSR count). The van der Waals surface area contributed by atoms with Crippen LogP contribution in [0.4, 0.5) is 18.9 Å². The van der Waals surface area contributed by atoms with E-state index in [-0.39, 0.29) is 27.2 Å². The number of nitrogens with zero attached hydrogens (tertiary/aromatic N) is 1. The van der Waals surface area contributed by atoms with Gasteiger partial charge in [0, 0.05) is 18.1 Å². The lowest BCUT2D eigenvalue weighted by atomic mass is 9.98. The van der Waals surface area contributed by atoms with Crippen molar-refractivity contribution in [3.05, 3.63) is 40.7 Å². The molecule has 1 atom stereocenters. The Morgan fingerprint density at radius 3 is 2.77 bits per heavy atom. The van der Waals surface area contributed by atoms with Crippen LogP contribution >= 0.6 is 22.9 Å². The zero-order chi connectivity index (χ0) is 21.9. The molecule has 0 spiro atoms. The standard InChI is InChI=1S/C18H18ClF3N2O4S2/c19-13-5-6-15(28-11-18(20,21)22)14(9-13)23-17(25)12-3-1-7-24(10-12)30(26,27)16-4-2-8-29-16/h2,4-6,8-9,12H,1,3,7,10-11H2,(H,23,25)/t12-/m1/s1. The predicted octanol–water partition coefficient (Wildman–Crippen LogP) is 4.38. The first-order valence-electron chi connectivity index (χ1n) is 8.90. The molecule has 1 saturated heterocycles. The number of nitrogens with one attached hydrogen (secondary N) is 1. The van der Waals surface area contributed by atoms with Crippen molar-refractivity contribution in [3.63, 3.8) is 0 Å². The Morgan fingerprint density at radius 1 is 1.33 bits per heavy atom. The molecule has 0 aliphatic carbocycles. The molecule has 1 fully saturated rings. The van der Waals surface area contributed by atoms with Gasteiger partial charge in [-0.15, -0.1) is 11.3 Å². The molecule has 1 aromatic carbocycles. The fourth-order valence-corrected chi connectivity index (χ4v) is 5.87. The van der Waals surface area contributed by atoms with E-state index in [2.05, 4.69) is 5.32 Å². The highest BCUT2D eigenvalue weighted by Crippen LogP contribution is 2.32. The summed E-state index contributed by atoms with van der Waals surface area (Å²) in [6.45, 7) is -1.25. The van der Waals surface area contributed by atoms with Crippen LogP contribution in [0, 0.1) is 5.92 Å². The van der Waals surface area contributed by atoms with E-state index in [1.165, 1.54) is 28.6 Å². The van der Waals surface area contributed by atoms with Gasteiger partial charge in [0.2, 0.25) is 5.91 Å². The van der Waals surface area contributed by atoms with E-state index in [1.807, 2.05) is 0 Å². The summed E-state index contributed by atoms with van der Waals surface area (Å²) in [5.41, 5.74) is -0.00464. The smallest absolute Gasteiger partial charge is 0.422 e. The van der Waals surface area contributed by atoms with Crippen molar-refractivity contribution in [2.24, 2.45) is 5.92 Å². The number of hydrogen-bond donors (Lipinski definition) is 1. The zero-order valence-corrected chi connectivity index (χ0v) is 17.9. The van der Waals surface area contributed by atoms with Crippen LogP contribution < -0.4 is 10.1 Å². The Kier molecular flexibility index (Phi) is 6.95. The first-order chi connectivity index (χ1) is 14.1. The topological polar surface area (TPSA) is 75.7 Å². The maximum absolute atomic E-state index is 12.7. The van der Waals surface area contributed by atoms with Crippen LogP contribution in [0.5, 0.6) is 5.75 Å². The lowest BCUT2D eigenvalue weighted by Crippen LogP contribution is -2.43. The first kappa shape index (κ1) is 22.9. The van der Waals surface area contributed by atoms with Crippen LogP contribution in [0.1, 0.15) is 12.8 Å². The Hall–Kier alpha value is -1.82. The first-order valence-corrected chi connectivity index (χ1v) is 11.6. The van der Waals surface area contributed by atoms with Crippen molar-refractivity contribution >= 4 is 44.6 Å². The number of rotatable bonds is 6. The van der Waals surface area contributed by atoms with Crippen LogP contribution in [0.2, 0.25) is 5.02 Å². The van der Waals surface area contributed by atoms with Gasteiger partial charge >= 0.3 is 6.18 Å². The third-order valence-electron chi connectivity index (χ3n) is 4.43. The SMILES string of the molecule is O=C(Nc1cc(Cl)ccc1OCC(F)(F)F)[C@@H]1CCCN(S(=O)(=O)c2cccs2)C1. The molecule has 0 saturated carbocycles. The zero-order valence-electron chi connectivity index (χ0n) is 15.5. The number of amides is 1. The van der Waals surface area contributed by atoms with E-state index >= 15 is 0 Å². The minimum atomic E-state index is -4.54. The summed E-state index contributed by atoms with van der Waals surface area (Å²) in [4.78, 5) is 12.7. The molecule has 6 nitrogen and oxygen atoms in total. The number of halogens is 4. The molecule has 12 heteroatoms. The lowest BCUT2D eigenvalue weighted by molar-refractivity contribution is -0.153. The molecule has 1 aliphatic rings. The minimum absolute atomic E-state index is 0.00464. The minimum Gasteiger partial charge on any atom is -0.482 e. The summed E-state index contributed by atoms with van der Waals surface area (Å²) in [7, 11) is -3.70. The van der Waals surface area contributed by atoms with Crippen LogP contribution in [-0.4, -0.2) is 44.5 Å². The number of alkyl halides is 3. The summed E-state index contributed by atoms with van der Waals surface area (Å²) < 4.78 is 69.1. The summed E-state index contributed by atoms with van der Waals surface area (Å²) in [6, 6.07) is 7.00. The molecular weight excluding hydrogens is 465 g/mol. The second-order valence-electron chi connectivity index (χ2n) is 6.67. The molecule has 2 aromatic rings. The maximum Gasteiger partial charge on any atom is 0.422 e. The van der Waals surface area contributed by atoms with Gasteiger partial charge in [-0.05, 0) is 42.5 Å². The van der Waals surface area contributed by atoms with Crippen molar-refractivity contribution in [1.29, 1.82) is 0 Å². The highest BCUT2D eigenvalue weighted by Gasteiger charge is 2.34. The fourth-order valence-electron chi connectivity index (χ4n) is 3.03. The highest BCUT2D eigenvalue weighted by atomic mass is 35.5. The summed E-state index contributed by atoms with van der Waals surface area (Å²) in [5.74, 6) is -1.35. The van der Waals surface area contributed by atoms with Gasteiger partial charge < -0.3 is 10.1 Å². The Bertz CT molecular complexity index is 997. The number of hydrogen-bond acceptors (Lipinski definition) is 5. The third-order valence-corrected chi connectivity index (χ3v) is 7.91. The van der Waals surface area contributed by atoms with E-state index in [1.54, 1.807) is 11.4 Å². The van der Waals surface area contributed by atoms with Crippen molar-refractivity contribution < 1.29 is 31.1 Å². The van der Waals surface area contributed by atoms with E-state index in [0.29, 0.717) is 19.4 Å². The van der Waals surface area contributed by atoms with Gasteiger partial charge in [-0.25, -0.2) is 8.42 Å². The van der Waals surface area contributed by atoms with Crippen molar-refractivity contribution in [1.82, 2.24) is 4.31 Å². The van der Waals surface area contributed by atoms with Crippen LogP contribution in [0.15, 0.2) is 39.9 Å². The number of piperidine rings is 1. The molecule has 2 heterocycles. The molecule has 0 radical (unpaired) electrons. The van der Waals surface area contributed by atoms with E-state index < -0.39 is 34.6 Å². The van der Waals surface area contributed by atoms with Crippen LogP contribution in [-0.2, 0) is 14.8 Å². The number of carbonyl (C=O) groups is 1. The van der Waals surface area contributed by atoms with Crippen LogP contribution in [0.3, 0.4) is 0 Å². The van der Waals surface area contributed by atoms with Gasteiger partial charge in [-0.3, -0.25) is 4.79 Å². The van der Waals surface area contributed by atoms with Gasteiger partial charge in [0.15, 0.2) is 6.61 Å². The molecule has 164 valence electrons. The summed E-state index contributed by atoms with van der Waals surface area (Å²) >= 11 is 6.99. The van der Waals surface area contributed by atoms with Gasteiger partial charge in [0.05, 0.1) is 11.6 Å². The van der Waals surface area contributed by atoms with Crippen molar-refractivity contribution in [2.75, 3.05) is 25.0 Å². The average molecular weight is 483 g/mol. The normalized spacial score (nSPS) is 18.2. The maximum atomic E-state index is 12.7. The quantitative estimate of drug-likeness (QED) is 0.663. The van der Waals surface area contributed by atoms with Crippen LogP contribution in [0.25, 0.3) is 0 Å². The molecule has 0 unspecified atom stereocenters. The molecule has 0 bridgehead atoms. The van der Waals surface area contributed by atoms with E-state index in [9.17, 15) is 26.4 Å². The van der Waals surface area contributed by atoms with Gasteiger partial charge in [-0.1, -0.05) is 17.7 Å². The second kappa shape index (κ2) is 9.13. The van der Waals surface area contributed by atoms with Gasteiger partial charge in [0.1, 0.15) is 9.96 Å². The number of sulfonamides is 1. The summed E-state index contributed by atoms with van der Waals surface area (Å²) in [6.07, 6.45) is -3.61. The Balaban J connectivity index is 1.72. The highest BCUT2D eigenvalue weighted by molar-refractivity contribution is 7.91. The molecule has 1 aliphatic heterocycles. The largest absolute Gasteiger partial charge is 0.482 e. The monoisotopic (exact) mass is 482 g/mol. The Labute approximate surface area is 180 Å². The van der Waals surface area contributed by atoms with Crippen molar-refractivity contribution in [2.45, 2.75) is 23.2 Å². The lowest BCUT2D eigenvalue weighted by Gasteiger charge is -2.31. The summed E-state index contributed by atoms with van der Waals surface area (Å²) in [5, 5.41) is 4.39. The van der Waals surface area contributed by atoms with Gasteiger partial charge in [0.25, 0.3) is 10.0 Å². The average Bonchev–Trinajstić information content (AvgIpc) is 3.22. The number of benzene rings is 1. The Morgan fingerprint density at radius 2 is 2.10 bits per heavy atom.